The lowest BCUT2D eigenvalue weighted by Crippen LogP contribution is -2.42. The second-order valence-electron chi connectivity index (χ2n) is 6.42. The van der Waals surface area contributed by atoms with Crippen LogP contribution in [0.5, 0.6) is 0 Å². The van der Waals surface area contributed by atoms with E-state index in [1.54, 1.807) is 4.90 Å². The average molecular weight is 255 g/mol. The molecule has 5 heteroatoms. The molecule has 0 bridgehead atoms. The fraction of sp³-hybridized carbons (Fsp3) is 0.846. The molecule has 1 N–H and O–H groups in total. The normalized spacial score (nSPS) is 25.9. The quantitative estimate of drug-likeness (QED) is 0.779. The highest BCUT2D eigenvalue weighted by atomic mass is 16.6. The first kappa shape index (κ1) is 13.2. The van der Waals surface area contributed by atoms with Gasteiger partial charge in [0.2, 0.25) is 0 Å². The number of carboxylic acids is 1. The van der Waals surface area contributed by atoms with E-state index in [9.17, 15) is 9.59 Å². The Morgan fingerprint density at radius 2 is 1.83 bits per heavy atom. The van der Waals surface area contributed by atoms with Gasteiger partial charge in [0.15, 0.2) is 0 Å². The summed E-state index contributed by atoms with van der Waals surface area (Å²) in [5, 5.41) is 8.99. The summed E-state index contributed by atoms with van der Waals surface area (Å²) in [5.41, 5.74) is -0.514. The monoisotopic (exact) mass is 255 g/mol. The predicted molar refractivity (Wildman–Crippen MR) is 65.2 cm³/mol. The van der Waals surface area contributed by atoms with Crippen molar-refractivity contribution in [2.24, 2.45) is 11.3 Å². The van der Waals surface area contributed by atoms with Crippen LogP contribution in [0, 0.1) is 11.3 Å². The summed E-state index contributed by atoms with van der Waals surface area (Å²) in [6.45, 7) is 6.75. The molecule has 18 heavy (non-hydrogen) atoms. The third-order valence-electron chi connectivity index (χ3n) is 3.90. The zero-order valence-electron chi connectivity index (χ0n) is 11.2. The highest BCUT2D eigenvalue weighted by molar-refractivity contribution is 5.75. The number of nitrogens with zero attached hydrogens (tertiary/aromatic N) is 1. The zero-order chi connectivity index (χ0) is 13.6. The predicted octanol–water partition coefficient (Wildman–Crippen LogP) is 2.11. The Balaban J connectivity index is 1.85. The lowest BCUT2D eigenvalue weighted by Gasteiger charge is -2.33. The van der Waals surface area contributed by atoms with Gasteiger partial charge in [0.1, 0.15) is 5.60 Å². The third-order valence-corrected chi connectivity index (χ3v) is 3.90. The molecule has 1 aliphatic carbocycles. The van der Waals surface area contributed by atoms with Gasteiger partial charge < -0.3 is 14.7 Å². The van der Waals surface area contributed by atoms with Gasteiger partial charge in [0.25, 0.3) is 0 Å². The molecule has 2 rings (SSSR count). The lowest BCUT2D eigenvalue weighted by molar-refractivity contribution is -0.139. The molecule has 0 aromatic carbocycles. The van der Waals surface area contributed by atoms with Crippen LogP contribution in [0.25, 0.3) is 0 Å². The molecule has 1 heterocycles. The summed E-state index contributed by atoms with van der Waals surface area (Å²) >= 11 is 0. The van der Waals surface area contributed by atoms with E-state index in [1.165, 1.54) is 0 Å². The highest BCUT2D eigenvalue weighted by Crippen LogP contribution is 2.59. The van der Waals surface area contributed by atoms with Gasteiger partial charge in [0, 0.05) is 13.1 Å². The number of rotatable bonds is 1. The molecule has 1 amide bonds. The number of carbonyl (C=O) groups is 2. The van der Waals surface area contributed by atoms with Crippen LogP contribution in [0.3, 0.4) is 0 Å². The van der Waals surface area contributed by atoms with Crippen molar-refractivity contribution >= 4 is 12.1 Å². The van der Waals surface area contributed by atoms with E-state index >= 15 is 0 Å². The van der Waals surface area contributed by atoms with Crippen molar-refractivity contribution < 1.29 is 19.4 Å². The molecule has 2 aliphatic rings. The van der Waals surface area contributed by atoms with Crippen LogP contribution in [-0.4, -0.2) is 40.8 Å². The molecule has 0 radical (unpaired) electrons. The SMILES string of the molecule is CC(C)(C)OC(=O)N1CCC2(CC1)C[C@@H]2C(=O)O. The van der Waals surface area contributed by atoms with Crippen LogP contribution in [0.4, 0.5) is 4.79 Å². The van der Waals surface area contributed by atoms with Gasteiger partial charge in [-0.25, -0.2) is 4.79 Å². The average Bonchev–Trinajstić information content (AvgIpc) is 2.91. The van der Waals surface area contributed by atoms with Crippen molar-refractivity contribution in [1.82, 2.24) is 4.90 Å². The van der Waals surface area contributed by atoms with Crippen LogP contribution >= 0.6 is 0 Å². The summed E-state index contributed by atoms with van der Waals surface area (Å²) in [6.07, 6.45) is 2.04. The van der Waals surface area contributed by atoms with Gasteiger partial charge in [-0.15, -0.1) is 0 Å². The summed E-state index contributed by atoms with van der Waals surface area (Å²) in [5.74, 6) is -0.890. The molecular weight excluding hydrogens is 234 g/mol. The van der Waals surface area contributed by atoms with E-state index in [1.807, 2.05) is 20.8 Å². The zero-order valence-corrected chi connectivity index (χ0v) is 11.2. The fourth-order valence-corrected chi connectivity index (χ4v) is 2.71. The third kappa shape index (κ3) is 2.60. The van der Waals surface area contributed by atoms with E-state index in [2.05, 4.69) is 0 Å². The Bertz CT molecular complexity index is 364. The Labute approximate surface area is 107 Å². The second-order valence-corrected chi connectivity index (χ2v) is 6.42. The molecule has 1 atom stereocenters. The van der Waals surface area contributed by atoms with E-state index in [-0.39, 0.29) is 17.4 Å². The number of hydrogen-bond acceptors (Lipinski definition) is 3. The number of carboxylic acid groups (broad SMARTS) is 1. The molecule has 5 nitrogen and oxygen atoms in total. The van der Waals surface area contributed by atoms with Crippen LogP contribution < -0.4 is 0 Å². The minimum absolute atomic E-state index is 0.0374. The van der Waals surface area contributed by atoms with Crippen molar-refractivity contribution in [2.45, 2.75) is 45.6 Å². The maximum absolute atomic E-state index is 11.8. The van der Waals surface area contributed by atoms with Gasteiger partial charge >= 0.3 is 12.1 Å². The molecular formula is C13H21NO4. The summed E-state index contributed by atoms with van der Waals surface area (Å²) in [4.78, 5) is 24.5. The summed E-state index contributed by atoms with van der Waals surface area (Å²) in [6, 6.07) is 0. The molecule has 1 saturated heterocycles. The fourth-order valence-electron chi connectivity index (χ4n) is 2.71. The van der Waals surface area contributed by atoms with Crippen molar-refractivity contribution in [3.05, 3.63) is 0 Å². The van der Waals surface area contributed by atoms with Crippen LogP contribution in [0.2, 0.25) is 0 Å². The Morgan fingerprint density at radius 3 is 2.22 bits per heavy atom. The van der Waals surface area contributed by atoms with Crippen molar-refractivity contribution in [3.8, 4) is 0 Å². The topological polar surface area (TPSA) is 66.8 Å². The second kappa shape index (κ2) is 4.14. The first-order valence-electron chi connectivity index (χ1n) is 6.44. The maximum atomic E-state index is 11.8. The smallest absolute Gasteiger partial charge is 0.410 e. The number of carbonyl (C=O) groups excluding carboxylic acids is 1. The van der Waals surface area contributed by atoms with Crippen molar-refractivity contribution in [1.29, 1.82) is 0 Å². The van der Waals surface area contributed by atoms with Crippen LogP contribution in [0.15, 0.2) is 0 Å². The van der Waals surface area contributed by atoms with Crippen LogP contribution in [-0.2, 0) is 9.53 Å². The summed E-state index contributed by atoms with van der Waals surface area (Å²) in [7, 11) is 0. The Kier molecular flexibility index (Phi) is 3.03. The number of hydrogen-bond donors (Lipinski definition) is 1. The number of amides is 1. The van der Waals surface area contributed by atoms with Crippen molar-refractivity contribution in [3.63, 3.8) is 0 Å². The first-order chi connectivity index (χ1) is 8.23. The molecule has 0 unspecified atom stereocenters. The maximum Gasteiger partial charge on any atom is 0.410 e. The highest BCUT2D eigenvalue weighted by Gasteiger charge is 2.59. The van der Waals surface area contributed by atoms with Gasteiger partial charge in [-0.2, -0.15) is 0 Å². The molecule has 0 aromatic heterocycles. The van der Waals surface area contributed by atoms with Crippen molar-refractivity contribution in [2.75, 3.05) is 13.1 Å². The number of aliphatic carboxylic acids is 1. The number of likely N-dealkylation sites (tertiary alicyclic amines) is 1. The number of ether oxygens (including phenoxy) is 1. The van der Waals surface area contributed by atoms with Gasteiger partial charge in [-0.3, -0.25) is 4.79 Å². The van der Waals surface area contributed by atoms with Crippen LogP contribution in [0.1, 0.15) is 40.0 Å². The first-order valence-corrected chi connectivity index (χ1v) is 6.44. The van der Waals surface area contributed by atoms with E-state index < -0.39 is 11.6 Å². The minimum atomic E-state index is -0.694. The summed E-state index contributed by atoms with van der Waals surface area (Å²) < 4.78 is 5.31. The van der Waals surface area contributed by atoms with E-state index in [0.29, 0.717) is 13.1 Å². The molecule has 1 saturated carbocycles. The minimum Gasteiger partial charge on any atom is -0.481 e. The molecule has 0 aromatic rings. The largest absolute Gasteiger partial charge is 0.481 e. The number of piperidine rings is 1. The molecule has 102 valence electrons. The Morgan fingerprint density at radius 1 is 1.28 bits per heavy atom. The standard InChI is InChI=1S/C13H21NO4/c1-12(2,3)18-11(17)14-6-4-13(5-7-14)8-9(13)10(15)16/h9H,4-8H2,1-3H3,(H,15,16)/t9-/m1/s1. The van der Waals surface area contributed by atoms with Gasteiger partial charge in [-0.1, -0.05) is 0 Å². The van der Waals surface area contributed by atoms with Gasteiger partial charge in [-0.05, 0) is 45.4 Å². The lowest BCUT2D eigenvalue weighted by atomic mass is 9.91. The van der Waals surface area contributed by atoms with Gasteiger partial charge in [0.05, 0.1) is 5.92 Å². The molecule has 1 spiro atoms. The van der Waals surface area contributed by atoms with E-state index in [4.69, 9.17) is 9.84 Å². The Hall–Kier alpha value is -1.26. The molecule has 1 aliphatic heterocycles. The van der Waals surface area contributed by atoms with E-state index in [0.717, 1.165) is 19.3 Å². The molecule has 2 fully saturated rings.